The first-order valence-electron chi connectivity index (χ1n) is 6.38. The van der Waals surface area contributed by atoms with Crippen molar-refractivity contribution in [1.29, 1.82) is 0 Å². The van der Waals surface area contributed by atoms with Crippen molar-refractivity contribution in [3.63, 3.8) is 0 Å². The fourth-order valence-corrected chi connectivity index (χ4v) is 2.46. The minimum atomic E-state index is -0.528. The number of hydrogen-bond donors (Lipinski definition) is 1. The quantitative estimate of drug-likeness (QED) is 0.853. The number of amides is 1. The lowest BCUT2D eigenvalue weighted by atomic mass is 9.75. The van der Waals surface area contributed by atoms with E-state index >= 15 is 0 Å². The lowest BCUT2D eigenvalue weighted by Gasteiger charge is -2.39. The lowest BCUT2D eigenvalue weighted by Crippen LogP contribution is -2.49. The van der Waals surface area contributed by atoms with Crippen LogP contribution in [0.5, 0.6) is 0 Å². The van der Waals surface area contributed by atoms with Crippen LogP contribution < -0.4 is 5.73 Å². The zero-order chi connectivity index (χ0) is 13.1. The summed E-state index contributed by atoms with van der Waals surface area (Å²) in [6.45, 7) is 4.88. The minimum Gasteiger partial charge on any atom is -0.383 e. The average molecular weight is 279 g/mol. The van der Waals surface area contributed by atoms with Gasteiger partial charge in [0.05, 0.1) is 6.61 Å². The van der Waals surface area contributed by atoms with E-state index in [2.05, 4.69) is 13.8 Å². The molecule has 0 aromatic heterocycles. The number of nitrogens with two attached hydrogens (primary N) is 1. The number of rotatable bonds is 4. The first-order valence-corrected chi connectivity index (χ1v) is 6.38. The molecule has 1 unspecified atom stereocenters. The number of hydrogen-bond acceptors (Lipinski definition) is 3. The SMILES string of the molecule is COCC(N)C(=O)N(C)C1CCC(C)(C)CC1.Cl. The highest BCUT2D eigenvalue weighted by molar-refractivity contribution is 5.85. The maximum absolute atomic E-state index is 12.0. The summed E-state index contributed by atoms with van der Waals surface area (Å²) in [6, 6.07) is -0.182. The molecule has 1 aliphatic carbocycles. The molecule has 1 aliphatic rings. The second kappa shape index (κ2) is 7.31. The van der Waals surface area contributed by atoms with Crippen LogP contribution in [0.25, 0.3) is 0 Å². The van der Waals surface area contributed by atoms with E-state index in [4.69, 9.17) is 10.5 Å². The Morgan fingerprint density at radius 3 is 2.39 bits per heavy atom. The van der Waals surface area contributed by atoms with Crippen LogP contribution in [0.1, 0.15) is 39.5 Å². The van der Waals surface area contributed by atoms with E-state index < -0.39 is 6.04 Å². The molecule has 0 spiro atoms. The van der Waals surface area contributed by atoms with Crippen molar-refractivity contribution in [2.75, 3.05) is 20.8 Å². The van der Waals surface area contributed by atoms with Crippen molar-refractivity contribution in [3.05, 3.63) is 0 Å². The summed E-state index contributed by atoms with van der Waals surface area (Å²) < 4.78 is 4.92. The smallest absolute Gasteiger partial charge is 0.241 e. The van der Waals surface area contributed by atoms with E-state index in [1.54, 1.807) is 7.11 Å². The summed E-state index contributed by atoms with van der Waals surface area (Å²) in [5, 5.41) is 0. The van der Waals surface area contributed by atoms with E-state index in [0.717, 1.165) is 12.8 Å². The fraction of sp³-hybridized carbons (Fsp3) is 0.923. The van der Waals surface area contributed by atoms with Gasteiger partial charge in [0.1, 0.15) is 6.04 Å². The maximum Gasteiger partial charge on any atom is 0.241 e. The predicted molar refractivity (Wildman–Crippen MR) is 75.9 cm³/mol. The summed E-state index contributed by atoms with van der Waals surface area (Å²) in [6.07, 6.45) is 4.51. The van der Waals surface area contributed by atoms with Crippen LogP contribution in [0.15, 0.2) is 0 Å². The van der Waals surface area contributed by atoms with E-state index in [-0.39, 0.29) is 18.3 Å². The third-order valence-corrected chi connectivity index (χ3v) is 3.87. The summed E-state index contributed by atoms with van der Waals surface area (Å²) in [4.78, 5) is 13.8. The molecule has 0 saturated heterocycles. The molecule has 0 aliphatic heterocycles. The van der Waals surface area contributed by atoms with Crippen molar-refractivity contribution < 1.29 is 9.53 Å². The monoisotopic (exact) mass is 278 g/mol. The van der Waals surface area contributed by atoms with Crippen LogP contribution in [0.4, 0.5) is 0 Å². The second-order valence-electron chi connectivity index (χ2n) is 5.91. The van der Waals surface area contributed by atoms with Gasteiger partial charge in [-0.05, 0) is 31.1 Å². The topological polar surface area (TPSA) is 55.6 Å². The molecule has 1 rings (SSSR count). The van der Waals surface area contributed by atoms with E-state index in [1.807, 2.05) is 11.9 Å². The van der Waals surface area contributed by atoms with Crippen LogP contribution in [-0.2, 0) is 9.53 Å². The van der Waals surface area contributed by atoms with Gasteiger partial charge in [-0.15, -0.1) is 12.4 Å². The largest absolute Gasteiger partial charge is 0.383 e. The molecule has 1 fully saturated rings. The molecule has 18 heavy (non-hydrogen) atoms. The highest BCUT2D eigenvalue weighted by Gasteiger charge is 2.31. The van der Waals surface area contributed by atoms with Gasteiger partial charge in [-0.3, -0.25) is 4.79 Å². The molecular weight excluding hydrogens is 252 g/mol. The van der Waals surface area contributed by atoms with Crippen molar-refractivity contribution in [3.8, 4) is 0 Å². The van der Waals surface area contributed by atoms with E-state index in [0.29, 0.717) is 18.1 Å². The van der Waals surface area contributed by atoms with Gasteiger partial charge >= 0.3 is 0 Å². The van der Waals surface area contributed by atoms with Crippen LogP contribution in [-0.4, -0.2) is 43.7 Å². The molecule has 0 aromatic carbocycles. The molecule has 1 amide bonds. The average Bonchev–Trinajstić information content (AvgIpc) is 2.27. The van der Waals surface area contributed by atoms with Crippen LogP contribution >= 0.6 is 12.4 Å². The molecule has 5 heteroatoms. The Balaban J connectivity index is 0.00000289. The zero-order valence-corrected chi connectivity index (χ0v) is 12.8. The van der Waals surface area contributed by atoms with Crippen molar-refractivity contribution in [2.24, 2.45) is 11.1 Å². The Hall–Kier alpha value is -0.320. The Kier molecular flexibility index (Phi) is 7.18. The minimum absolute atomic E-state index is 0. The first-order chi connectivity index (χ1) is 7.87. The Labute approximate surface area is 117 Å². The number of halogens is 1. The van der Waals surface area contributed by atoms with Crippen LogP contribution in [0, 0.1) is 5.41 Å². The predicted octanol–water partition coefficient (Wildman–Crippen LogP) is 1.81. The van der Waals surface area contributed by atoms with Crippen molar-refractivity contribution in [1.82, 2.24) is 4.90 Å². The molecule has 4 nitrogen and oxygen atoms in total. The highest BCUT2D eigenvalue weighted by atomic mass is 35.5. The van der Waals surface area contributed by atoms with Gasteiger partial charge in [0.15, 0.2) is 0 Å². The highest BCUT2D eigenvalue weighted by Crippen LogP contribution is 2.36. The number of ether oxygens (including phenoxy) is 1. The standard InChI is InChI=1S/C13H26N2O2.ClH/c1-13(2)7-5-10(6-8-13)15(3)12(16)11(14)9-17-4;/h10-11H,5-9,14H2,1-4H3;1H. The third kappa shape index (κ3) is 4.75. The fourth-order valence-electron chi connectivity index (χ4n) is 2.46. The van der Waals surface area contributed by atoms with E-state index in [9.17, 15) is 4.79 Å². The maximum atomic E-state index is 12.0. The van der Waals surface area contributed by atoms with Gasteiger partial charge in [-0.25, -0.2) is 0 Å². The van der Waals surface area contributed by atoms with Crippen molar-refractivity contribution in [2.45, 2.75) is 51.6 Å². The van der Waals surface area contributed by atoms with Gasteiger partial charge in [0.25, 0.3) is 0 Å². The van der Waals surface area contributed by atoms with Gasteiger partial charge in [0.2, 0.25) is 5.91 Å². The molecule has 108 valence electrons. The molecule has 2 N–H and O–H groups in total. The van der Waals surface area contributed by atoms with Crippen LogP contribution in [0.2, 0.25) is 0 Å². The van der Waals surface area contributed by atoms with Crippen molar-refractivity contribution >= 4 is 18.3 Å². The zero-order valence-electron chi connectivity index (χ0n) is 11.9. The van der Waals surface area contributed by atoms with Gasteiger partial charge in [0, 0.05) is 20.2 Å². The summed E-state index contributed by atoms with van der Waals surface area (Å²) in [5.74, 6) is -0.00319. The summed E-state index contributed by atoms with van der Waals surface area (Å²) in [7, 11) is 3.43. The third-order valence-electron chi connectivity index (χ3n) is 3.87. The molecule has 1 saturated carbocycles. The number of carbonyl (C=O) groups excluding carboxylic acids is 1. The Bertz CT molecular complexity index is 262. The van der Waals surface area contributed by atoms with Gasteiger partial charge in [-0.2, -0.15) is 0 Å². The first kappa shape index (κ1) is 17.7. The summed E-state index contributed by atoms with van der Waals surface area (Å²) in [5.41, 5.74) is 6.20. The Morgan fingerprint density at radius 2 is 1.94 bits per heavy atom. The van der Waals surface area contributed by atoms with Gasteiger partial charge in [-0.1, -0.05) is 13.8 Å². The van der Waals surface area contributed by atoms with Crippen LogP contribution in [0.3, 0.4) is 0 Å². The number of carbonyl (C=O) groups is 1. The molecule has 0 heterocycles. The van der Waals surface area contributed by atoms with Gasteiger partial charge < -0.3 is 15.4 Å². The number of likely N-dealkylation sites (N-methyl/N-ethyl adjacent to an activating group) is 1. The normalized spacial score (nSPS) is 20.9. The number of methoxy groups -OCH3 is 1. The molecule has 1 atom stereocenters. The molecular formula is C13H27ClN2O2. The molecule has 0 radical (unpaired) electrons. The van der Waals surface area contributed by atoms with E-state index in [1.165, 1.54) is 12.8 Å². The molecule has 0 aromatic rings. The second-order valence-corrected chi connectivity index (χ2v) is 5.91. The summed E-state index contributed by atoms with van der Waals surface area (Å²) >= 11 is 0. The lowest BCUT2D eigenvalue weighted by molar-refractivity contribution is -0.135. The molecule has 0 bridgehead atoms. The number of nitrogens with zero attached hydrogens (tertiary/aromatic N) is 1. The Morgan fingerprint density at radius 1 is 1.44 bits per heavy atom.